The van der Waals surface area contributed by atoms with Crippen molar-refractivity contribution in [3.63, 3.8) is 0 Å². The molecule has 118 valence electrons. The van der Waals surface area contributed by atoms with Crippen LogP contribution in [0.2, 0.25) is 0 Å². The first kappa shape index (κ1) is 17.1. The van der Waals surface area contributed by atoms with Crippen LogP contribution in [0.25, 0.3) is 0 Å². The normalized spacial score (nSPS) is 10.4. The molecule has 0 fully saturated rings. The maximum Gasteiger partial charge on any atom is 0.251 e. The van der Waals surface area contributed by atoms with Crippen LogP contribution >= 0.6 is 0 Å². The van der Waals surface area contributed by atoms with E-state index in [-0.39, 0.29) is 5.91 Å². The van der Waals surface area contributed by atoms with E-state index in [1.54, 1.807) is 12.1 Å². The molecule has 1 aromatic rings. The number of methoxy groups -OCH3 is 3. The molecule has 0 unspecified atom stereocenters. The van der Waals surface area contributed by atoms with Gasteiger partial charge in [0, 0.05) is 12.1 Å². The number of hydrogen-bond donors (Lipinski definition) is 1. The molecular weight excluding hydrogens is 270 g/mol. The van der Waals surface area contributed by atoms with Crippen molar-refractivity contribution in [3.8, 4) is 17.2 Å². The van der Waals surface area contributed by atoms with Crippen LogP contribution in [-0.4, -0.2) is 33.8 Å². The minimum absolute atomic E-state index is 0.138. The van der Waals surface area contributed by atoms with Crippen LogP contribution in [0.5, 0.6) is 17.2 Å². The first-order valence-electron chi connectivity index (χ1n) is 7.19. The predicted molar refractivity (Wildman–Crippen MR) is 82.5 cm³/mol. The Kier molecular flexibility index (Phi) is 6.85. The summed E-state index contributed by atoms with van der Waals surface area (Å²) in [5, 5.41) is 2.95. The third-order valence-electron chi connectivity index (χ3n) is 3.63. The molecule has 0 atom stereocenters. The van der Waals surface area contributed by atoms with Gasteiger partial charge in [-0.15, -0.1) is 0 Å². The minimum Gasteiger partial charge on any atom is -0.493 e. The van der Waals surface area contributed by atoms with Crippen LogP contribution < -0.4 is 19.5 Å². The highest BCUT2D eigenvalue weighted by Crippen LogP contribution is 2.38. The third-order valence-corrected chi connectivity index (χ3v) is 3.63. The Morgan fingerprint density at radius 3 is 1.95 bits per heavy atom. The Labute approximate surface area is 126 Å². The highest BCUT2D eigenvalue weighted by atomic mass is 16.5. The van der Waals surface area contributed by atoms with E-state index in [2.05, 4.69) is 19.2 Å². The number of carbonyl (C=O) groups is 1. The molecule has 5 heteroatoms. The number of hydrogen-bond acceptors (Lipinski definition) is 4. The van der Waals surface area contributed by atoms with Crippen molar-refractivity contribution < 1.29 is 19.0 Å². The standard InChI is InChI=1S/C16H25NO4/c1-6-11(7-2)10-17-16(18)12-8-13(19-3)15(21-5)14(9-12)20-4/h8-9,11H,6-7,10H2,1-5H3,(H,17,18). The minimum atomic E-state index is -0.138. The Morgan fingerprint density at radius 2 is 1.57 bits per heavy atom. The summed E-state index contributed by atoms with van der Waals surface area (Å²) in [7, 11) is 4.60. The van der Waals surface area contributed by atoms with Crippen molar-refractivity contribution in [1.82, 2.24) is 5.32 Å². The number of benzene rings is 1. The summed E-state index contributed by atoms with van der Waals surface area (Å²) in [6, 6.07) is 3.31. The molecule has 1 rings (SSSR count). The SMILES string of the molecule is CCC(CC)CNC(=O)c1cc(OC)c(OC)c(OC)c1. The lowest BCUT2D eigenvalue weighted by Crippen LogP contribution is -2.29. The van der Waals surface area contributed by atoms with Crippen LogP contribution in [0.3, 0.4) is 0 Å². The Bertz CT molecular complexity index is 444. The molecule has 0 radical (unpaired) electrons. The van der Waals surface area contributed by atoms with E-state index in [0.717, 1.165) is 12.8 Å². The molecule has 0 saturated carbocycles. The van der Waals surface area contributed by atoms with E-state index < -0.39 is 0 Å². The van der Waals surface area contributed by atoms with Gasteiger partial charge in [0.25, 0.3) is 5.91 Å². The number of rotatable bonds is 8. The van der Waals surface area contributed by atoms with Gasteiger partial charge in [0.2, 0.25) is 5.75 Å². The van der Waals surface area contributed by atoms with Gasteiger partial charge in [-0.1, -0.05) is 26.7 Å². The summed E-state index contributed by atoms with van der Waals surface area (Å²) in [5.41, 5.74) is 0.496. The van der Waals surface area contributed by atoms with Gasteiger partial charge in [-0.05, 0) is 18.1 Å². The van der Waals surface area contributed by atoms with Gasteiger partial charge in [0.15, 0.2) is 11.5 Å². The Balaban J connectivity index is 2.94. The quantitative estimate of drug-likeness (QED) is 0.801. The summed E-state index contributed by atoms with van der Waals surface area (Å²) < 4.78 is 15.7. The molecule has 0 spiro atoms. The molecule has 0 aliphatic rings. The summed E-state index contributed by atoms with van der Waals surface area (Å²) >= 11 is 0. The molecule has 1 N–H and O–H groups in total. The summed E-state index contributed by atoms with van der Waals surface area (Å²) in [6.45, 7) is 4.92. The first-order valence-corrected chi connectivity index (χ1v) is 7.19. The van der Waals surface area contributed by atoms with Crippen LogP contribution in [0.1, 0.15) is 37.0 Å². The van der Waals surface area contributed by atoms with Crippen LogP contribution in [0, 0.1) is 5.92 Å². The molecule has 1 amide bonds. The van der Waals surface area contributed by atoms with Gasteiger partial charge in [-0.2, -0.15) is 0 Å². The van der Waals surface area contributed by atoms with E-state index in [9.17, 15) is 4.79 Å². The fourth-order valence-electron chi connectivity index (χ4n) is 2.13. The maximum atomic E-state index is 12.3. The van der Waals surface area contributed by atoms with Crippen molar-refractivity contribution in [1.29, 1.82) is 0 Å². The van der Waals surface area contributed by atoms with Gasteiger partial charge >= 0.3 is 0 Å². The second kappa shape index (κ2) is 8.39. The average Bonchev–Trinajstić information content (AvgIpc) is 2.53. The molecular formula is C16H25NO4. The van der Waals surface area contributed by atoms with Gasteiger partial charge < -0.3 is 19.5 Å². The average molecular weight is 295 g/mol. The zero-order valence-corrected chi connectivity index (χ0v) is 13.5. The molecule has 0 aromatic heterocycles. The van der Waals surface area contributed by atoms with E-state index in [1.165, 1.54) is 21.3 Å². The number of ether oxygens (including phenoxy) is 3. The fourth-order valence-corrected chi connectivity index (χ4v) is 2.13. The first-order chi connectivity index (χ1) is 10.1. The topological polar surface area (TPSA) is 56.8 Å². The number of nitrogens with one attached hydrogen (secondary N) is 1. The second-order valence-corrected chi connectivity index (χ2v) is 4.81. The second-order valence-electron chi connectivity index (χ2n) is 4.81. The highest BCUT2D eigenvalue weighted by Gasteiger charge is 2.17. The zero-order chi connectivity index (χ0) is 15.8. The maximum absolute atomic E-state index is 12.3. The van der Waals surface area contributed by atoms with Crippen LogP contribution in [0.4, 0.5) is 0 Å². The van der Waals surface area contributed by atoms with Crippen molar-refractivity contribution in [2.24, 2.45) is 5.92 Å². The molecule has 0 bridgehead atoms. The monoisotopic (exact) mass is 295 g/mol. The lowest BCUT2D eigenvalue weighted by molar-refractivity contribution is 0.0945. The van der Waals surface area contributed by atoms with Crippen molar-refractivity contribution in [3.05, 3.63) is 17.7 Å². The zero-order valence-electron chi connectivity index (χ0n) is 13.5. The Morgan fingerprint density at radius 1 is 1.05 bits per heavy atom. The van der Waals surface area contributed by atoms with Gasteiger partial charge in [0.1, 0.15) is 0 Å². The highest BCUT2D eigenvalue weighted by molar-refractivity contribution is 5.95. The third kappa shape index (κ3) is 4.28. The largest absolute Gasteiger partial charge is 0.493 e. The molecule has 5 nitrogen and oxygen atoms in total. The van der Waals surface area contributed by atoms with Gasteiger partial charge in [-0.25, -0.2) is 0 Å². The smallest absolute Gasteiger partial charge is 0.251 e. The molecule has 0 aliphatic carbocycles. The van der Waals surface area contributed by atoms with Crippen LogP contribution in [0.15, 0.2) is 12.1 Å². The molecule has 0 heterocycles. The molecule has 0 saturated heterocycles. The van der Waals surface area contributed by atoms with Crippen molar-refractivity contribution in [2.75, 3.05) is 27.9 Å². The number of amides is 1. The van der Waals surface area contributed by atoms with Crippen LogP contribution in [-0.2, 0) is 0 Å². The molecule has 1 aromatic carbocycles. The van der Waals surface area contributed by atoms with Gasteiger partial charge in [-0.3, -0.25) is 4.79 Å². The van der Waals surface area contributed by atoms with Gasteiger partial charge in [0.05, 0.1) is 21.3 Å². The summed E-state index contributed by atoms with van der Waals surface area (Å²) in [4.78, 5) is 12.3. The van der Waals surface area contributed by atoms with E-state index >= 15 is 0 Å². The van der Waals surface area contributed by atoms with E-state index in [1.807, 2.05) is 0 Å². The Hall–Kier alpha value is -1.91. The van der Waals surface area contributed by atoms with Crippen molar-refractivity contribution >= 4 is 5.91 Å². The summed E-state index contributed by atoms with van der Waals surface area (Å²) in [6.07, 6.45) is 2.10. The fraction of sp³-hybridized carbons (Fsp3) is 0.562. The number of carbonyl (C=O) groups excluding carboxylic acids is 1. The van der Waals surface area contributed by atoms with E-state index in [4.69, 9.17) is 14.2 Å². The van der Waals surface area contributed by atoms with Crippen molar-refractivity contribution in [2.45, 2.75) is 26.7 Å². The summed E-state index contributed by atoms with van der Waals surface area (Å²) in [5.74, 6) is 1.79. The predicted octanol–water partition coefficient (Wildman–Crippen LogP) is 2.88. The lowest BCUT2D eigenvalue weighted by Gasteiger charge is -2.16. The van der Waals surface area contributed by atoms with E-state index in [0.29, 0.717) is 35.3 Å². The molecule has 21 heavy (non-hydrogen) atoms. The molecule has 0 aliphatic heterocycles. The lowest BCUT2D eigenvalue weighted by atomic mass is 10.0.